The predicted octanol–water partition coefficient (Wildman–Crippen LogP) is 4.90. The van der Waals surface area contributed by atoms with E-state index in [9.17, 15) is 23.1 Å². The smallest absolute Gasteiger partial charge is 0.317 e. The quantitative estimate of drug-likeness (QED) is 0.338. The van der Waals surface area contributed by atoms with Crippen molar-refractivity contribution in [2.45, 2.75) is 82.0 Å². The molecular weight excluding hydrogens is 483 g/mol. The van der Waals surface area contributed by atoms with Crippen molar-refractivity contribution in [2.24, 2.45) is 11.8 Å². The Morgan fingerprint density at radius 2 is 1.97 bits per heavy atom. The number of likely N-dealkylation sites (tertiary alicyclic amines) is 1. The fraction of sp³-hybridized carbons (Fsp3) is 0.750. The van der Waals surface area contributed by atoms with Gasteiger partial charge in [-0.3, -0.25) is 0 Å². The fourth-order valence-electron chi connectivity index (χ4n) is 6.05. The summed E-state index contributed by atoms with van der Waals surface area (Å²) in [6.07, 6.45) is 5.67. The van der Waals surface area contributed by atoms with Gasteiger partial charge in [-0.25, -0.2) is 18.0 Å². The van der Waals surface area contributed by atoms with Crippen LogP contribution in [0, 0.1) is 23.5 Å². The van der Waals surface area contributed by atoms with E-state index in [2.05, 4.69) is 10.6 Å². The Labute approximate surface area is 219 Å². The summed E-state index contributed by atoms with van der Waals surface area (Å²) in [5, 5.41) is 18.1. The van der Waals surface area contributed by atoms with Gasteiger partial charge in [0.25, 0.3) is 0 Å². The van der Waals surface area contributed by atoms with Crippen LogP contribution < -0.4 is 10.6 Å². The minimum atomic E-state index is -1.60. The third kappa shape index (κ3) is 8.07. The lowest BCUT2D eigenvalue weighted by Gasteiger charge is -2.43. The monoisotopic (exact) mass is 527 g/mol. The van der Waals surface area contributed by atoms with Crippen LogP contribution in [-0.2, 0) is 10.3 Å². The maximum absolute atomic E-state index is 14.9. The molecule has 0 aromatic heterocycles. The van der Waals surface area contributed by atoms with E-state index < -0.39 is 29.3 Å². The molecule has 1 saturated carbocycles. The van der Waals surface area contributed by atoms with Crippen LogP contribution in [0.3, 0.4) is 0 Å². The van der Waals surface area contributed by atoms with Gasteiger partial charge in [0.05, 0.1) is 5.60 Å². The highest BCUT2D eigenvalue weighted by molar-refractivity contribution is 5.74. The second-order valence-corrected chi connectivity index (χ2v) is 10.8. The Kier molecular flexibility index (Phi) is 11.5. The molecule has 2 fully saturated rings. The number of piperidine rings is 1. The molecule has 3 unspecified atom stereocenters. The highest BCUT2D eigenvalue weighted by Gasteiger charge is 2.43. The normalized spacial score (nSPS) is 24.9. The van der Waals surface area contributed by atoms with Crippen molar-refractivity contribution in [1.29, 1.82) is 0 Å². The van der Waals surface area contributed by atoms with E-state index in [1.165, 1.54) is 12.1 Å². The molecule has 3 atom stereocenters. The number of unbranched alkanes of at least 4 members (excludes halogenated alkanes) is 1. The van der Waals surface area contributed by atoms with Gasteiger partial charge in [0.1, 0.15) is 6.17 Å². The van der Waals surface area contributed by atoms with E-state index >= 15 is 0 Å². The number of hydrogen-bond donors (Lipinski definition) is 3. The van der Waals surface area contributed by atoms with Gasteiger partial charge in [-0.1, -0.05) is 12.1 Å². The molecule has 9 heteroatoms. The first-order valence-corrected chi connectivity index (χ1v) is 13.8. The fourth-order valence-corrected chi connectivity index (χ4v) is 6.05. The molecule has 6 nitrogen and oxygen atoms in total. The van der Waals surface area contributed by atoms with E-state index in [0.717, 1.165) is 25.3 Å². The van der Waals surface area contributed by atoms with E-state index in [0.29, 0.717) is 64.1 Å². The summed E-state index contributed by atoms with van der Waals surface area (Å²) in [7, 11) is 3.44. The number of alkyl halides is 1. The number of likely N-dealkylation sites (N-methyl/N-ethyl adjacent to an activating group) is 1. The van der Waals surface area contributed by atoms with Gasteiger partial charge in [-0.15, -0.1) is 0 Å². The number of ether oxygens (including phenoxy) is 1. The van der Waals surface area contributed by atoms with Crippen molar-refractivity contribution in [3.63, 3.8) is 0 Å². The molecule has 1 heterocycles. The number of aliphatic hydroxyl groups is 1. The number of carbonyl (C=O) groups excluding carboxylic acids is 1. The Bertz CT molecular complexity index is 853. The first-order chi connectivity index (χ1) is 17.8. The molecule has 1 aromatic rings. The Hall–Kier alpha value is -1.84. The SMILES string of the molecule is CNCC(CC1CCC(F)CC1)NC(=O)N1CCCC(C(O)(CCCCOC)c2cccc(F)c2F)C1. The van der Waals surface area contributed by atoms with Gasteiger partial charge in [-0.2, -0.15) is 0 Å². The van der Waals surface area contributed by atoms with Crippen LogP contribution in [0.5, 0.6) is 0 Å². The number of methoxy groups -OCH3 is 1. The number of carbonyl (C=O) groups is 1. The number of amides is 2. The largest absolute Gasteiger partial charge is 0.385 e. The summed E-state index contributed by atoms with van der Waals surface area (Å²) in [5.74, 6) is -2.08. The number of halogens is 3. The second-order valence-electron chi connectivity index (χ2n) is 10.8. The molecule has 210 valence electrons. The number of nitrogens with zero attached hydrogens (tertiary/aromatic N) is 1. The first-order valence-electron chi connectivity index (χ1n) is 13.8. The van der Waals surface area contributed by atoms with Crippen LogP contribution in [0.25, 0.3) is 0 Å². The van der Waals surface area contributed by atoms with E-state index in [4.69, 9.17) is 4.74 Å². The maximum Gasteiger partial charge on any atom is 0.317 e. The number of nitrogens with one attached hydrogen (secondary N) is 2. The van der Waals surface area contributed by atoms with E-state index in [1.807, 2.05) is 7.05 Å². The maximum atomic E-state index is 14.9. The second kappa shape index (κ2) is 14.4. The molecule has 1 aromatic carbocycles. The number of rotatable bonds is 12. The average molecular weight is 528 g/mol. The predicted molar refractivity (Wildman–Crippen MR) is 138 cm³/mol. The van der Waals surface area contributed by atoms with Gasteiger partial charge < -0.3 is 25.4 Å². The average Bonchev–Trinajstić information content (AvgIpc) is 2.89. The number of benzene rings is 1. The van der Waals surface area contributed by atoms with Gasteiger partial charge in [-0.05, 0) is 83.2 Å². The third-order valence-electron chi connectivity index (χ3n) is 8.13. The molecular formula is C28H44F3N3O3. The van der Waals surface area contributed by atoms with Gasteiger partial charge in [0, 0.05) is 50.9 Å². The van der Waals surface area contributed by atoms with Crippen molar-refractivity contribution in [1.82, 2.24) is 15.5 Å². The van der Waals surface area contributed by atoms with Gasteiger partial charge >= 0.3 is 6.03 Å². The molecule has 3 rings (SSSR count). The van der Waals surface area contributed by atoms with Crippen LogP contribution >= 0.6 is 0 Å². The topological polar surface area (TPSA) is 73.8 Å². The molecule has 2 aliphatic rings. The summed E-state index contributed by atoms with van der Waals surface area (Å²) in [6, 6.07) is 3.60. The Balaban J connectivity index is 1.70. The molecule has 1 aliphatic heterocycles. The first kappa shape index (κ1) is 29.7. The van der Waals surface area contributed by atoms with Gasteiger partial charge in [0.15, 0.2) is 11.6 Å². The lowest BCUT2D eigenvalue weighted by atomic mass is 9.74. The lowest BCUT2D eigenvalue weighted by molar-refractivity contribution is -0.0591. The molecule has 3 N–H and O–H groups in total. The van der Waals surface area contributed by atoms with Crippen molar-refractivity contribution < 1.29 is 27.8 Å². The highest BCUT2D eigenvalue weighted by atomic mass is 19.2. The summed E-state index contributed by atoms with van der Waals surface area (Å²) in [5.41, 5.74) is -1.65. The Morgan fingerprint density at radius 1 is 1.22 bits per heavy atom. The van der Waals surface area contributed by atoms with E-state index in [1.54, 1.807) is 12.0 Å². The molecule has 0 bridgehead atoms. The Morgan fingerprint density at radius 3 is 2.68 bits per heavy atom. The van der Waals surface area contributed by atoms with Crippen LogP contribution in [-0.4, -0.2) is 68.6 Å². The molecule has 0 radical (unpaired) electrons. The molecule has 2 amide bonds. The minimum absolute atomic E-state index is 0.0475. The molecule has 1 aliphatic carbocycles. The number of hydrogen-bond acceptors (Lipinski definition) is 4. The van der Waals surface area contributed by atoms with Crippen LogP contribution in [0.2, 0.25) is 0 Å². The molecule has 1 saturated heterocycles. The highest BCUT2D eigenvalue weighted by Crippen LogP contribution is 2.41. The van der Waals surface area contributed by atoms with E-state index in [-0.39, 0.29) is 30.6 Å². The lowest BCUT2D eigenvalue weighted by Crippen LogP contribution is -2.54. The molecule has 0 spiro atoms. The minimum Gasteiger partial charge on any atom is -0.385 e. The summed E-state index contributed by atoms with van der Waals surface area (Å²) >= 11 is 0. The summed E-state index contributed by atoms with van der Waals surface area (Å²) in [6.45, 7) is 1.91. The molecule has 37 heavy (non-hydrogen) atoms. The standard InChI is InChI=1S/C28H44F3N3O3/c1-32-18-23(17-20-10-12-22(29)13-11-20)33-27(35)34-15-6-7-21(19-34)28(36,14-3-4-16-37-2)24-8-5-9-25(30)26(24)31/h5,8-9,20-23,32,36H,3-4,6-7,10-19H2,1-2H3,(H,33,35). The van der Waals surface area contributed by atoms with Crippen molar-refractivity contribution in [3.05, 3.63) is 35.4 Å². The zero-order chi connectivity index (χ0) is 26.8. The number of urea groups is 1. The summed E-state index contributed by atoms with van der Waals surface area (Å²) in [4.78, 5) is 15.0. The zero-order valence-electron chi connectivity index (χ0n) is 22.3. The van der Waals surface area contributed by atoms with Crippen molar-refractivity contribution in [3.8, 4) is 0 Å². The summed E-state index contributed by atoms with van der Waals surface area (Å²) < 4.78 is 47.7. The zero-order valence-corrected chi connectivity index (χ0v) is 22.3. The van der Waals surface area contributed by atoms with Gasteiger partial charge in [0.2, 0.25) is 0 Å². The van der Waals surface area contributed by atoms with Crippen molar-refractivity contribution in [2.75, 3.05) is 40.4 Å². The van der Waals surface area contributed by atoms with Crippen molar-refractivity contribution >= 4 is 6.03 Å². The van der Waals surface area contributed by atoms with Crippen LogP contribution in [0.15, 0.2) is 18.2 Å². The third-order valence-corrected chi connectivity index (χ3v) is 8.13. The van der Waals surface area contributed by atoms with Crippen LogP contribution in [0.4, 0.5) is 18.0 Å². The van der Waals surface area contributed by atoms with Crippen LogP contribution in [0.1, 0.15) is 69.8 Å².